The molecule has 0 bridgehead atoms. The van der Waals surface area contributed by atoms with Gasteiger partial charge in [0.15, 0.2) is 0 Å². The Hall–Kier alpha value is -2.10. The van der Waals surface area contributed by atoms with E-state index in [4.69, 9.17) is 4.74 Å². The molecule has 0 radical (unpaired) electrons. The van der Waals surface area contributed by atoms with Crippen LogP contribution in [0.3, 0.4) is 0 Å². The van der Waals surface area contributed by atoms with Crippen LogP contribution < -0.4 is 10.2 Å². The molecule has 1 N–H and O–H groups in total. The molecule has 138 valence electrons. The highest BCUT2D eigenvalue weighted by molar-refractivity contribution is 6.02. The number of ether oxygens (including phenoxy) is 1. The van der Waals surface area contributed by atoms with Gasteiger partial charge in [0, 0.05) is 16.5 Å². The van der Waals surface area contributed by atoms with Crippen LogP contribution in [0.5, 0.6) is 5.75 Å². The normalized spacial score (nSPS) is 13.6. The molecule has 0 aliphatic carbocycles. The summed E-state index contributed by atoms with van der Waals surface area (Å²) in [4.78, 5) is 12.6. The Morgan fingerprint density at radius 2 is 1.72 bits per heavy atom. The monoisotopic (exact) mass is 344 g/mol. The minimum absolute atomic E-state index is 0.0550. The third-order valence-electron chi connectivity index (χ3n) is 4.33. The van der Waals surface area contributed by atoms with Crippen LogP contribution in [0.15, 0.2) is 34.9 Å². The molecule has 0 spiro atoms. The molecule has 4 nitrogen and oxygen atoms in total. The van der Waals surface area contributed by atoms with Gasteiger partial charge in [0.2, 0.25) is 0 Å². The molecule has 0 aliphatic heterocycles. The fourth-order valence-electron chi connectivity index (χ4n) is 2.09. The summed E-state index contributed by atoms with van der Waals surface area (Å²) >= 11 is 0. The predicted octanol–water partition coefficient (Wildman–Crippen LogP) is 5.13. The van der Waals surface area contributed by atoms with E-state index < -0.39 is 0 Å². The van der Waals surface area contributed by atoms with Gasteiger partial charge in [-0.25, -0.2) is 5.43 Å². The Balaban J connectivity index is 3.15. The lowest BCUT2D eigenvalue weighted by Gasteiger charge is -2.24. The van der Waals surface area contributed by atoms with Gasteiger partial charge in [-0.2, -0.15) is 5.10 Å². The molecule has 1 rings (SSSR count). The topological polar surface area (TPSA) is 50.7 Å². The maximum atomic E-state index is 12.6. The third kappa shape index (κ3) is 5.73. The second-order valence-electron chi connectivity index (χ2n) is 8.40. The number of nitrogens with one attached hydrogen (secondary N) is 1. The van der Waals surface area contributed by atoms with E-state index in [0.29, 0.717) is 11.3 Å². The molecule has 0 atom stereocenters. The van der Waals surface area contributed by atoms with Crippen molar-refractivity contribution in [2.75, 3.05) is 7.11 Å². The number of hydrogen-bond donors (Lipinski definition) is 1. The molecule has 0 aliphatic rings. The van der Waals surface area contributed by atoms with E-state index in [1.807, 2.05) is 13.0 Å². The highest BCUT2D eigenvalue weighted by Crippen LogP contribution is 2.27. The minimum Gasteiger partial charge on any atom is -0.496 e. The van der Waals surface area contributed by atoms with Gasteiger partial charge < -0.3 is 4.74 Å². The van der Waals surface area contributed by atoms with Gasteiger partial charge in [0.1, 0.15) is 5.75 Å². The minimum atomic E-state index is -0.236. The average Bonchev–Trinajstić information content (AvgIpc) is 2.48. The quantitative estimate of drug-likeness (QED) is 0.608. The number of amides is 1. The highest BCUT2D eigenvalue weighted by atomic mass is 16.5. The number of hydrazone groups is 1. The first-order chi connectivity index (χ1) is 11.4. The van der Waals surface area contributed by atoms with Crippen LogP contribution >= 0.6 is 0 Å². The van der Waals surface area contributed by atoms with E-state index in [-0.39, 0.29) is 16.7 Å². The second-order valence-corrected chi connectivity index (χ2v) is 8.40. The van der Waals surface area contributed by atoms with E-state index in [1.165, 1.54) is 5.57 Å². The van der Waals surface area contributed by atoms with Crippen molar-refractivity contribution >= 4 is 11.6 Å². The van der Waals surface area contributed by atoms with Crippen molar-refractivity contribution in [2.45, 2.75) is 55.4 Å². The molecule has 0 saturated heterocycles. The molecule has 0 heterocycles. The molecule has 1 aromatic rings. The van der Waals surface area contributed by atoms with Crippen molar-refractivity contribution in [3.8, 4) is 5.75 Å². The lowest BCUT2D eigenvalue weighted by molar-refractivity contribution is 0.0953. The molecular formula is C21H32N2O2. The number of allylic oxidation sites excluding steroid dienone is 2. The van der Waals surface area contributed by atoms with Gasteiger partial charge in [-0.05, 0) is 37.5 Å². The van der Waals surface area contributed by atoms with E-state index in [2.05, 4.69) is 65.1 Å². The standard InChI is InChI=1S/C21H32N2O2/c1-14(20(3,4)5)13-18(21(6,7)8)22-23-19(24)16-11-10-12-17(25-9)15(16)2/h10-13H,1-9H3,(H,23,24)/b14-13+,22-18?. The average molecular weight is 344 g/mol. The SMILES string of the molecule is COc1cccc(C(=O)NN=C(/C=C(\C)C(C)(C)C)C(C)(C)C)c1C. The van der Waals surface area contributed by atoms with Crippen molar-refractivity contribution in [1.82, 2.24) is 5.43 Å². The van der Waals surface area contributed by atoms with E-state index >= 15 is 0 Å². The fourth-order valence-corrected chi connectivity index (χ4v) is 2.09. The molecule has 1 amide bonds. The molecule has 0 saturated carbocycles. The van der Waals surface area contributed by atoms with Gasteiger partial charge in [0.05, 0.1) is 12.8 Å². The number of benzene rings is 1. The largest absolute Gasteiger partial charge is 0.496 e. The highest BCUT2D eigenvalue weighted by Gasteiger charge is 2.21. The maximum absolute atomic E-state index is 12.6. The summed E-state index contributed by atoms with van der Waals surface area (Å²) in [5.41, 5.74) is 6.00. The summed E-state index contributed by atoms with van der Waals surface area (Å²) < 4.78 is 5.28. The number of rotatable bonds is 4. The van der Waals surface area contributed by atoms with Gasteiger partial charge in [-0.3, -0.25) is 4.79 Å². The van der Waals surface area contributed by atoms with Crippen molar-refractivity contribution in [1.29, 1.82) is 0 Å². The first-order valence-corrected chi connectivity index (χ1v) is 8.59. The number of nitrogens with zero attached hydrogens (tertiary/aromatic N) is 1. The maximum Gasteiger partial charge on any atom is 0.271 e. The van der Waals surface area contributed by atoms with Crippen molar-refractivity contribution in [3.63, 3.8) is 0 Å². The lowest BCUT2D eigenvalue weighted by atomic mass is 9.82. The summed E-state index contributed by atoms with van der Waals surface area (Å²) in [6, 6.07) is 5.42. The summed E-state index contributed by atoms with van der Waals surface area (Å²) in [7, 11) is 1.60. The summed E-state index contributed by atoms with van der Waals surface area (Å²) in [5.74, 6) is 0.455. The molecule has 25 heavy (non-hydrogen) atoms. The Labute approximate surface area is 152 Å². The van der Waals surface area contributed by atoms with Crippen LogP contribution in [-0.2, 0) is 0 Å². The summed E-state index contributed by atoms with van der Waals surface area (Å²) in [6.07, 6.45) is 2.07. The van der Waals surface area contributed by atoms with Crippen LogP contribution in [0.25, 0.3) is 0 Å². The number of hydrogen-bond acceptors (Lipinski definition) is 3. The van der Waals surface area contributed by atoms with Gasteiger partial charge in [-0.1, -0.05) is 53.2 Å². The van der Waals surface area contributed by atoms with Crippen LogP contribution in [0.1, 0.15) is 64.4 Å². The second kappa shape index (κ2) is 7.85. The zero-order valence-electron chi connectivity index (χ0n) is 17.1. The van der Waals surface area contributed by atoms with Crippen LogP contribution in [0.2, 0.25) is 0 Å². The molecule has 0 unspecified atom stereocenters. The molecular weight excluding hydrogens is 312 g/mol. The number of carbonyl (C=O) groups is 1. The van der Waals surface area contributed by atoms with Gasteiger partial charge in [0.25, 0.3) is 5.91 Å². The van der Waals surface area contributed by atoms with Crippen LogP contribution in [0, 0.1) is 17.8 Å². The Morgan fingerprint density at radius 3 is 2.20 bits per heavy atom. The first kappa shape index (κ1) is 20.9. The van der Waals surface area contributed by atoms with Crippen LogP contribution in [-0.4, -0.2) is 18.7 Å². The number of methoxy groups -OCH3 is 1. The third-order valence-corrected chi connectivity index (χ3v) is 4.33. The Kier molecular flexibility index (Phi) is 6.58. The van der Waals surface area contributed by atoms with Crippen molar-refractivity contribution in [2.24, 2.45) is 15.9 Å². The first-order valence-electron chi connectivity index (χ1n) is 8.59. The van der Waals surface area contributed by atoms with E-state index in [9.17, 15) is 4.79 Å². The zero-order chi connectivity index (χ0) is 19.4. The Bertz CT molecular complexity index is 687. The van der Waals surface area contributed by atoms with Crippen LogP contribution in [0.4, 0.5) is 0 Å². The van der Waals surface area contributed by atoms with E-state index in [0.717, 1.165) is 11.3 Å². The molecule has 4 heteroatoms. The molecule has 0 fully saturated rings. The molecule has 0 aromatic heterocycles. The smallest absolute Gasteiger partial charge is 0.271 e. The summed E-state index contributed by atoms with van der Waals surface area (Å²) in [5, 5.41) is 4.42. The summed E-state index contributed by atoms with van der Waals surface area (Å²) in [6.45, 7) is 16.7. The predicted molar refractivity (Wildman–Crippen MR) is 105 cm³/mol. The lowest BCUT2D eigenvalue weighted by Crippen LogP contribution is -2.26. The van der Waals surface area contributed by atoms with Gasteiger partial charge >= 0.3 is 0 Å². The van der Waals surface area contributed by atoms with Gasteiger partial charge in [-0.15, -0.1) is 0 Å². The number of carbonyl (C=O) groups excluding carboxylic acids is 1. The van der Waals surface area contributed by atoms with Crippen molar-refractivity contribution in [3.05, 3.63) is 41.0 Å². The van der Waals surface area contributed by atoms with Crippen molar-refractivity contribution < 1.29 is 9.53 Å². The van der Waals surface area contributed by atoms with E-state index in [1.54, 1.807) is 19.2 Å². The Morgan fingerprint density at radius 1 is 1.12 bits per heavy atom. The molecule has 1 aromatic carbocycles. The fraction of sp³-hybridized carbons (Fsp3) is 0.524. The zero-order valence-corrected chi connectivity index (χ0v) is 17.1.